The number of hydrogen-bond acceptors (Lipinski definition) is 8. The van der Waals surface area contributed by atoms with Crippen LogP contribution in [0.4, 0.5) is 5.13 Å². The van der Waals surface area contributed by atoms with Gasteiger partial charge in [-0.2, -0.15) is 0 Å². The first-order valence-corrected chi connectivity index (χ1v) is 16.6. The molecular weight excluding hydrogens is 540 g/mol. The summed E-state index contributed by atoms with van der Waals surface area (Å²) in [5.41, 5.74) is 0.0404. The Balaban J connectivity index is 1.25. The van der Waals surface area contributed by atoms with E-state index in [4.69, 9.17) is 4.74 Å². The first-order chi connectivity index (χ1) is 19.3. The van der Waals surface area contributed by atoms with E-state index in [1.165, 1.54) is 18.4 Å². The van der Waals surface area contributed by atoms with Crippen LogP contribution in [0.15, 0.2) is 0 Å². The molecular formula is C32H50N2O6S. The number of anilines is 1. The second-order valence-corrected chi connectivity index (χ2v) is 15.5. The predicted molar refractivity (Wildman–Crippen MR) is 159 cm³/mol. The van der Waals surface area contributed by atoms with Crippen molar-refractivity contribution >= 4 is 28.3 Å². The normalized spacial score (nSPS) is 40.8. The maximum absolute atomic E-state index is 13.0. The van der Waals surface area contributed by atoms with Crippen LogP contribution in [0.3, 0.4) is 0 Å². The van der Waals surface area contributed by atoms with Gasteiger partial charge in [0.1, 0.15) is 0 Å². The third-order valence-corrected chi connectivity index (χ3v) is 13.4. The van der Waals surface area contributed by atoms with Crippen molar-refractivity contribution in [3.8, 4) is 0 Å². The molecule has 4 N–H and O–H groups in total. The molecule has 0 aromatic carbocycles. The van der Waals surface area contributed by atoms with Gasteiger partial charge < -0.3 is 25.4 Å². The summed E-state index contributed by atoms with van der Waals surface area (Å²) in [4.78, 5) is 30.2. The van der Waals surface area contributed by atoms with Crippen LogP contribution in [-0.2, 0) is 9.53 Å². The van der Waals surface area contributed by atoms with Crippen molar-refractivity contribution in [2.75, 3.05) is 12.4 Å². The molecule has 0 aliphatic heterocycles. The maximum Gasteiger partial charge on any atom is 0.357 e. The molecule has 0 radical (unpaired) electrons. The summed E-state index contributed by atoms with van der Waals surface area (Å²) in [6.07, 6.45) is 5.97. The molecule has 4 fully saturated rings. The zero-order valence-electron chi connectivity index (χ0n) is 25.6. The SMILES string of the molecule is COC(=O)c1nc(NC(=O)CCC(C)C2CCC3C4C(O)CC5CC(O)CCC5(C)C4CC(O)C23C)sc1C(C)C. The molecule has 4 aliphatic carbocycles. The molecule has 9 heteroatoms. The lowest BCUT2D eigenvalue weighted by Crippen LogP contribution is -2.62. The Bertz CT molecular complexity index is 1140. The fourth-order valence-corrected chi connectivity index (χ4v) is 10.9. The van der Waals surface area contributed by atoms with Crippen molar-refractivity contribution in [3.63, 3.8) is 0 Å². The molecule has 8 nitrogen and oxygen atoms in total. The predicted octanol–water partition coefficient (Wildman–Crippen LogP) is 5.37. The van der Waals surface area contributed by atoms with Crippen LogP contribution in [0.1, 0.15) is 114 Å². The summed E-state index contributed by atoms with van der Waals surface area (Å²) in [6, 6.07) is 0. The first kappa shape index (κ1) is 30.9. The number of carbonyl (C=O) groups excluding carboxylic acids is 2. The van der Waals surface area contributed by atoms with E-state index in [0.717, 1.165) is 43.4 Å². The van der Waals surface area contributed by atoms with Gasteiger partial charge in [0.05, 0.1) is 25.4 Å². The fraction of sp³-hybridized carbons (Fsp3) is 0.844. The fourth-order valence-electron chi connectivity index (χ4n) is 9.89. The van der Waals surface area contributed by atoms with Gasteiger partial charge in [-0.25, -0.2) is 9.78 Å². The van der Waals surface area contributed by atoms with Gasteiger partial charge in [-0.1, -0.05) is 34.6 Å². The molecule has 41 heavy (non-hydrogen) atoms. The number of amides is 1. The molecule has 1 heterocycles. The lowest BCUT2D eigenvalue weighted by Gasteiger charge is -2.63. The minimum absolute atomic E-state index is 0.0617. The van der Waals surface area contributed by atoms with E-state index in [1.807, 2.05) is 13.8 Å². The van der Waals surface area contributed by atoms with E-state index in [1.54, 1.807) is 0 Å². The Hall–Kier alpha value is -1.55. The molecule has 4 saturated carbocycles. The van der Waals surface area contributed by atoms with E-state index in [2.05, 4.69) is 31.1 Å². The number of aromatic nitrogens is 1. The van der Waals surface area contributed by atoms with Crippen LogP contribution in [0.25, 0.3) is 0 Å². The first-order valence-electron chi connectivity index (χ1n) is 15.7. The highest BCUT2D eigenvalue weighted by molar-refractivity contribution is 7.16. The minimum Gasteiger partial charge on any atom is -0.464 e. The van der Waals surface area contributed by atoms with Crippen LogP contribution >= 0.6 is 11.3 Å². The monoisotopic (exact) mass is 590 g/mol. The summed E-state index contributed by atoms with van der Waals surface area (Å²) in [5, 5.41) is 36.9. The topological polar surface area (TPSA) is 129 Å². The lowest BCUT2D eigenvalue weighted by molar-refractivity contribution is -0.207. The van der Waals surface area contributed by atoms with E-state index >= 15 is 0 Å². The van der Waals surface area contributed by atoms with Crippen molar-refractivity contribution in [1.82, 2.24) is 4.98 Å². The zero-order chi connectivity index (χ0) is 29.9. The third kappa shape index (κ3) is 5.27. The molecule has 1 aromatic rings. The summed E-state index contributed by atoms with van der Waals surface area (Å²) in [5.74, 6) is 1.03. The maximum atomic E-state index is 13.0. The number of aliphatic hydroxyl groups is 3. The largest absolute Gasteiger partial charge is 0.464 e. The van der Waals surface area contributed by atoms with E-state index in [-0.39, 0.29) is 70.1 Å². The van der Waals surface area contributed by atoms with Gasteiger partial charge in [-0.05, 0) is 104 Å². The number of carbonyl (C=O) groups is 2. The van der Waals surface area contributed by atoms with E-state index < -0.39 is 12.1 Å². The molecule has 1 aromatic heterocycles. The smallest absolute Gasteiger partial charge is 0.357 e. The number of rotatable bonds is 7. The minimum atomic E-state index is -0.495. The van der Waals surface area contributed by atoms with Crippen LogP contribution in [-0.4, -0.2) is 57.6 Å². The number of fused-ring (bicyclic) bond motifs is 5. The molecule has 5 rings (SSSR count). The summed E-state index contributed by atoms with van der Waals surface area (Å²) in [6.45, 7) is 10.8. The third-order valence-electron chi connectivity index (χ3n) is 12.2. The standard InChI is InChI=1S/C32H50N2O6S/c1-16(2)28-27(29(39)40-6)34-30(41-28)33-25(38)10-7-17(3)20-8-9-21-26-22(15-24(37)32(20,21)5)31(4)12-11-19(35)13-18(31)14-23(26)36/h16-24,26,35-37H,7-15H2,1-6H3,(H,33,34,38). The van der Waals surface area contributed by atoms with E-state index in [0.29, 0.717) is 30.3 Å². The number of ether oxygens (including phenoxy) is 1. The molecule has 11 atom stereocenters. The van der Waals surface area contributed by atoms with Crippen LogP contribution in [0.5, 0.6) is 0 Å². The van der Waals surface area contributed by atoms with Crippen molar-refractivity contribution in [1.29, 1.82) is 0 Å². The van der Waals surface area contributed by atoms with Gasteiger partial charge in [0.15, 0.2) is 10.8 Å². The van der Waals surface area contributed by atoms with Crippen molar-refractivity contribution in [3.05, 3.63) is 10.6 Å². The van der Waals surface area contributed by atoms with E-state index in [9.17, 15) is 24.9 Å². The van der Waals surface area contributed by atoms with Gasteiger partial charge >= 0.3 is 5.97 Å². The lowest BCUT2D eigenvalue weighted by atomic mass is 9.43. The van der Waals surface area contributed by atoms with Gasteiger partial charge in [0.2, 0.25) is 5.91 Å². The summed E-state index contributed by atoms with van der Waals surface area (Å²) < 4.78 is 4.86. The van der Waals surface area contributed by atoms with Crippen molar-refractivity contribution < 1.29 is 29.6 Å². The van der Waals surface area contributed by atoms with Gasteiger partial charge in [0, 0.05) is 11.3 Å². The molecule has 11 unspecified atom stereocenters. The summed E-state index contributed by atoms with van der Waals surface area (Å²) >= 11 is 1.32. The Kier molecular flexibility index (Phi) is 8.67. The highest BCUT2D eigenvalue weighted by Crippen LogP contribution is 2.68. The zero-order valence-corrected chi connectivity index (χ0v) is 26.4. The van der Waals surface area contributed by atoms with Gasteiger partial charge in [0.25, 0.3) is 0 Å². The number of aliphatic hydroxyl groups excluding tert-OH is 3. The van der Waals surface area contributed by atoms with Crippen LogP contribution < -0.4 is 5.32 Å². The second-order valence-electron chi connectivity index (χ2n) is 14.5. The van der Waals surface area contributed by atoms with Gasteiger partial charge in [-0.3, -0.25) is 4.79 Å². The van der Waals surface area contributed by atoms with Crippen molar-refractivity contribution in [2.24, 2.45) is 46.3 Å². The Morgan fingerprint density at radius 2 is 1.80 bits per heavy atom. The quantitative estimate of drug-likeness (QED) is 0.314. The average molecular weight is 591 g/mol. The van der Waals surface area contributed by atoms with Crippen LogP contribution in [0, 0.1) is 46.3 Å². The molecule has 0 bridgehead atoms. The Morgan fingerprint density at radius 1 is 1.07 bits per heavy atom. The Morgan fingerprint density at radius 3 is 2.49 bits per heavy atom. The molecule has 0 spiro atoms. The number of thiazole rings is 1. The van der Waals surface area contributed by atoms with Crippen LogP contribution in [0.2, 0.25) is 0 Å². The molecule has 1 amide bonds. The number of hydrogen-bond donors (Lipinski definition) is 4. The highest BCUT2D eigenvalue weighted by Gasteiger charge is 2.65. The average Bonchev–Trinajstić information content (AvgIpc) is 3.50. The molecule has 0 saturated heterocycles. The second kappa shape index (κ2) is 11.5. The number of nitrogens with one attached hydrogen (secondary N) is 1. The highest BCUT2D eigenvalue weighted by atomic mass is 32.1. The number of esters is 1. The molecule has 230 valence electrons. The van der Waals surface area contributed by atoms with Gasteiger partial charge in [-0.15, -0.1) is 11.3 Å². The number of nitrogens with zero attached hydrogens (tertiary/aromatic N) is 1. The Labute approximate surface area is 248 Å². The summed E-state index contributed by atoms with van der Waals surface area (Å²) in [7, 11) is 1.33. The number of methoxy groups -OCH3 is 1. The van der Waals surface area contributed by atoms with Crippen molar-refractivity contribution in [2.45, 2.75) is 117 Å². The molecule has 4 aliphatic rings.